The van der Waals surface area contributed by atoms with Crippen molar-refractivity contribution in [1.29, 1.82) is 0 Å². The van der Waals surface area contributed by atoms with Gasteiger partial charge in [0.1, 0.15) is 17.7 Å². The first-order valence-electron chi connectivity index (χ1n) is 7.42. The Morgan fingerprint density at radius 1 is 0.962 bits per heavy atom. The molecule has 9 heteroatoms. The minimum absolute atomic E-state index is 0.149. The summed E-state index contributed by atoms with van der Waals surface area (Å²) in [6, 6.07) is 10.9. The van der Waals surface area contributed by atoms with E-state index in [0.29, 0.717) is 5.75 Å². The Morgan fingerprint density at radius 2 is 1.54 bits per heavy atom. The summed E-state index contributed by atoms with van der Waals surface area (Å²) in [5.41, 5.74) is -1.22. The normalized spacial score (nSPS) is 11.3. The van der Waals surface area contributed by atoms with E-state index in [9.17, 15) is 22.8 Å². The van der Waals surface area contributed by atoms with Crippen LogP contribution in [-0.4, -0.2) is 14.8 Å². The van der Waals surface area contributed by atoms with E-state index in [1.165, 1.54) is 12.1 Å². The molecule has 26 heavy (non-hydrogen) atoms. The van der Waals surface area contributed by atoms with Crippen LogP contribution in [0.4, 0.5) is 13.2 Å². The van der Waals surface area contributed by atoms with Gasteiger partial charge in [-0.3, -0.25) is 9.78 Å². The van der Waals surface area contributed by atoms with E-state index in [1.54, 1.807) is 24.3 Å². The number of halogens is 3. The average molecular weight is 363 g/mol. The number of H-pyrrole nitrogens is 1. The highest BCUT2D eigenvalue weighted by atomic mass is 19.4. The van der Waals surface area contributed by atoms with E-state index in [1.807, 2.05) is 0 Å². The third kappa shape index (κ3) is 4.18. The molecule has 0 bridgehead atoms. The minimum Gasteiger partial charge on any atom is -0.457 e. The number of alkyl halides is 3. The van der Waals surface area contributed by atoms with Crippen molar-refractivity contribution in [3.05, 3.63) is 86.7 Å². The summed E-state index contributed by atoms with van der Waals surface area (Å²) in [5.74, 6) is 0.694. The number of hydrogen-bond acceptors (Lipinski definition) is 4. The average Bonchev–Trinajstić information content (AvgIpc) is 2.59. The fraction of sp³-hybridized carbons (Fsp3) is 0.118. The van der Waals surface area contributed by atoms with Crippen LogP contribution in [0.3, 0.4) is 0 Å². The van der Waals surface area contributed by atoms with Crippen molar-refractivity contribution in [3.8, 4) is 11.5 Å². The molecular weight excluding hydrogens is 351 g/mol. The van der Waals surface area contributed by atoms with Crippen molar-refractivity contribution in [2.75, 3.05) is 0 Å². The van der Waals surface area contributed by atoms with Gasteiger partial charge in [-0.05, 0) is 42.0 Å². The van der Waals surface area contributed by atoms with E-state index in [-0.39, 0.29) is 12.3 Å². The topological polar surface area (TPSA) is 77.0 Å². The minimum atomic E-state index is -4.39. The first-order valence-corrected chi connectivity index (χ1v) is 7.42. The van der Waals surface area contributed by atoms with Crippen molar-refractivity contribution < 1.29 is 17.9 Å². The number of benzene rings is 2. The quantitative estimate of drug-likeness (QED) is 0.773. The molecule has 0 aliphatic rings. The summed E-state index contributed by atoms with van der Waals surface area (Å²) in [6.07, 6.45) is -3.39. The molecular formula is C17H12F3N3O3. The summed E-state index contributed by atoms with van der Waals surface area (Å²) in [5, 5.41) is 3.73. The highest BCUT2D eigenvalue weighted by molar-refractivity contribution is 5.35. The molecule has 0 spiro atoms. The lowest BCUT2D eigenvalue weighted by Gasteiger charge is -2.09. The maximum atomic E-state index is 12.5. The number of nitrogens with zero attached hydrogens (tertiary/aromatic N) is 2. The molecule has 0 saturated heterocycles. The van der Waals surface area contributed by atoms with Crippen LogP contribution in [-0.2, 0) is 12.7 Å². The van der Waals surface area contributed by atoms with Crippen LogP contribution in [0.2, 0.25) is 0 Å². The van der Waals surface area contributed by atoms with Crippen LogP contribution in [0, 0.1) is 0 Å². The van der Waals surface area contributed by atoms with Gasteiger partial charge >= 0.3 is 11.9 Å². The number of aromatic nitrogens is 3. The standard InChI is InChI=1S/C17H12F3N3O3/c18-17(19,20)12-3-7-14(8-4-12)26-13-5-1-11(2-6-13)10-23-16(25)22-15(24)9-21-23/h1-9H,10H2,(H,22,24,25). The molecule has 0 amide bonds. The second-order valence-corrected chi connectivity index (χ2v) is 5.36. The fourth-order valence-corrected chi connectivity index (χ4v) is 2.17. The van der Waals surface area contributed by atoms with Crippen molar-refractivity contribution in [1.82, 2.24) is 14.8 Å². The molecule has 0 atom stereocenters. The predicted molar refractivity (Wildman–Crippen MR) is 86.2 cm³/mol. The molecule has 0 fully saturated rings. The first-order chi connectivity index (χ1) is 12.3. The number of nitrogens with one attached hydrogen (secondary N) is 1. The van der Waals surface area contributed by atoms with Gasteiger partial charge in [0.05, 0.1) is 12.1 Å². The van der Waals surface area contributed by atoms with Crippen LogP contribution in [0.15, 0.2) is 64.3 Å². The third-order valence-corrected chi connectivity index (χ3v) is 3.45. The van der Waals surface area contributed by atoms with E-state index in [0.717, 1.165) is 28.6 Å². The van der Waals surface area contributed by atoms with Crippen LogP contribution < -0.4 is 16.0 Å². The smallest absolute Gasteiger partial charge is 0.416 e. The molecule has 3 aromatic rings. The lowest BCUT2D eigenvalue weighted by atomic mass is 10.2. The summed E-state index contributed by atoms with van der Waals surface area (Å²) in [7, 11) is 0. The monoisotopic (exact) mass is 363 g/mol. The molecule has 0 aliphatic carbocycles. The summed E-state index contributed by atoms with van der Waals surface area (Å²) in [6.45, 7) is 0.149. The number of hydrogen-bond donors (Lipinski definition) is 1. The number of rotatable bonds is 4. The maximum absolute atomic E-state index is 12.5. The first kappa shape index (κ1) is 17.5. The molecule has 2 aromatic carbocycles. The zero-order chi connectivity index (χ0) is 18.7. The second kappa shape index (κ2) is 6.87. The van der Waals surface area contributed by atoms with Gasteiger partial charge in [0.2, 0.25) is 0 Å². The Labute approximate surface area is 144 Å². The van der Waals surface area contributed by atoms with Gasteiger partial charge < -0.3 is 4.74 Å². The third-order valence-electron chi connectivity index (χ3n) is 3.45. The molecule has 0 radical (unpaired) electrons. The molecule has 0 saturated carbocycles. The SMILES string of the molecule is O=c1cnn(Cc2ccc(Oc3ccc(C(F)(F)F)cc3)cc2)c(=O)[nH]1. The fourth-order valence-electron chi connectivity index (χ4n) is 2.17. The van der Waals surface area contributed by atoms with Gasteiger partial charge in [-0.2, -0.15) is 18.3 Å². The Morgan fingerprint density at radius 3 is 2.08 bits per heavy atom. The molecule has 1 heterocycles. The van der Waals surface area contributed by atoms with Gasteiger partial charge in [-0.15, -0.1) is 0 Å². The van der Waals surface area contributed by atoms with Crippen molar-refractivity contribution >= 4 is 0 Å². The van der Waals surface area contributed by atoms with E-state index >= 15 is 0 Å². The Kier molecular flexibility index (Phi) is 4.61. The highest BCUT2D eigenvalue weighted by Crippen LogP contribution is 2.31. The van der Waals surface area contributed by atoms with Crippen molar-refractivity contribution in [2.24, 2.45) is 0 Å². The number of ether oxygens (including phenoxy) is 1. The molecule has 6 nitrogen and oxygen atoms in total. The molecule has 1 N–H and O–H groups in total. The molecule has 1 aromatic heterocycles. The van der Waals surface area contributed by atoms with Gasteiger partial charge in [0.15, 0.2) is 0 Å². The van der Waals surface area contributed by atoms with Crippen molar-refractivity contribution in [3.63, 3.8) is 0 Å². The highest BCUT2D eigenvalue weighted by Gasteiger charge is 2.30. The molecule has 3 rings (SSSR count). The van der Waals surface area contributed by atoms with Crippen molar-refractivity contribution in [2.45, 2.75) is 12.7 Å². The number of aromatic amines is 1. The summed E-state index contributed by atoms with van der Waals surface area (Å²) in [4.78, 5) is 24.7. The van der Waals surface area contributed by atoms with E-state index < -0.39 is 23.0 Å². The maximum Gasteiger partial charge on any atom is 0.416 e. The Hall–Kier alpha value is -3.36. The largest absolute Gasteiger partial charge is 0.457 e. The Balaban J connectivity index is 1.69. The van der Waals surface area contributed by atoms with Crippen LogP contribution >= 0.6 is 0 Å². The van der Waals surface area contributed by atoms with E-state index in [2.05, 4.69) is 10.1 Å². The molecule has 0 unspecified atom stereocenters. The van der Waals surface area contributed by atoms with Gasteiger partial charge in [-0.1, -0.05) is 12.1 Å². The van der Waals surface area contributed by atoms with Crippen LogP contribution in [0.1, 0.15) is 11.1 Å². The van der Waals surface area contributed by atoms with Crippen LogP contribution in [0.5, 0.6) is 11.5 Å². The zero-order valence-corrected chi connectivity index (χ0v) is 13.2. The molecule has 0 aliphatic heterocycles. The lowest BCUT2D eigenvalue weighted by Crippen LogP contribution is -2.31. The summed E-state index contributed by atoms with van der Waals surface area (Å²) < 4.78 is 44.2. The van der Waals surface area contributed by atoms with E-state index in [4.69, 9.17) is 4.74 Å². The Bertz CT molecular complexity index is 1010. The van der Waals surface area contributed by atoms with Gasteiger partial charge in [-0.25, -0.2) is 9.48 Å². The summed E-state index contributed by atoms with van der Waals surface area (Å²) >= 11 is 0. The molecule has 134 valence electrons. The lowest BCUT2D eigenvalue weighted by molar-refractivity contribution is -0.137. The zero-order valence-electron chi connectivity index (χ0n) is 13.2. The predicted octanol–water partition coefficient (Wildman–Crippen LogP) is 2.79. The van der Waals surface area contributed by atoms with Gasteiger partial charge in [0.25, 0.3) is 5.56 Å². The van der Waals surface area contributed by atoms with Gasteiger partial charge in [0, 0.05) is 0 Å². The second-order valence-electron chi connectivity index (χ2n) is 5.36. The van der Waals surface area contributed by atoms with Crippen LogP contribution in [0.25, 0.3) is 0 Å².